The first-order valence-electron chi connectivity index (χ1n) is 10.1. The lowest BCUT2D eigenvalue weighted by Gasteiger charge is -2.27. The van der Waals surface area contributed by atoms with Crippen molar-refractivity contribution in [2.45, 2.75) is 50.6 Å². The van der Waals surface area contributed by atoms with Crippen LogP contribution in [-0.4, -0.2) is 43.3 Å². The van der Waals surface area contributed by atoms with Gasteiger partial charge in [-0.25, -0.2) is 0 Å². The Balaban J connectivity index is 0.00000240. The second-order valence-electron chi connectivity index (χ2n) is 7.72. The van der Waals surface area contributed by atoms with Crippen molar-refractivity contribution in [3.8, 4) is 17.1 Å². The van der Waals surface area contributed by atoms with Crippen molar-refractivity contribution in [3.63, 3.8) is 0 Å². The molecule has 1 amide bonds. The Bertz CT molecular complexity index is 810. The Morgan fingerprint density at radius 1 is 1.17 bits per heavy atom. The molecule has 29 heavy (non-hydrogen) atoms. The summed E-state index contributed by atoms with van der Waals surface area (Å²) >= 11 is 0. The number of aromatic nitrogens is 1. The third-order valence-corrected chi connectivity index (χ3v) is 5.77. The largest absolute Gasteiger partial charge is 0.497 e. The van der Waals surface area contributed by atoms with E-state index in [1.165, 1.54) is 0 Å². The number of rotatable bonds is 5. The summed E-state index contributed by atoms with van der Waals surface area (Å²) in [6, 6.07) is 7.90. The SMILES string of the molecule is COc1ccc(-c2onc(N3CCCC3)c2C(=O)NC2CCC(N)CC2)cc1.Cl. The molecule has 1 aliphatic carbocycles. The van der Waals surface area contributed by atoms with Crippen LogP contribution in [0.2, 0.25) is 0 Å². The molecule has 1 aromatic carbocycles. The second-order valence-corrected chi connectivity index (χ2v) is 7.72. The van der Waals surface area contributed by atoms with Crippen LogP contribution in [0.5, 0.6) is 5.75 Å². The topological polar surface area (TPSA) is 93.6 Å². The third-order valence-electron chi connectivity index (χ3n) is 5.77. The van der Waals surface area contributed by atoms with Crippen molar-refractivity contribution in [1.82, 2.24) is 10.5 Å². The highest BCUT2D eigenvalue weighted by atomic mass is 35.5. The van der Waals surface area contributed by atoms with Crippen LogP contribution < -0.4 is 20.7 Å². The van der Waals surface area contributed by atoms with Crippen molar-refractivity contribution in [3.05, 3.63) is 29.8 Å². The van der Waals surface area contributed by atoms with E-state index >= 15 is 0 Å². The predicted molar refractivity (Wildman–Crippen MR) is 115 cm³/mol. The number of benzene rings is 1. The van der Waals surface area contributed by atoms with E-state index in [1.807, 2.05) is 24.3 Å². The highest BCUT2D eigenvalue weighted by molar-refractivity contribution is 6.04. The first-order valence-corrected chi connectivity index (χ1v) is 10.1. The second kappa shape index (κ2) is 9.50. The lowest BCUT2D eigenvalue weighted by molar-refractivity contribution is 0.0926. The maximum atomic E-state index is 13.3. The predicted octanol–water partition coefficient (Wildman–Crippen LogP) is 3.37. The number of nitrogens with two attached hydrogens (primary N) is 1. The zero-order chi connectivity index (χ0) is 19.5. The quantitative estimate of drug-likeness (QED) is 0.770. The van der Waals surface area contributed by atoms with Gasteiger partial charge in [-0.15, -0.1) is 12.4 Å². The van der Waals surface area contributed by atoms with E-state index in [4.69, 9.17) is 15.0 Å². The van der Waals surface area contributed by atoms with E-state index in [-0.39, 0.29) is 30.4 Å². The fourth-order valence-electron chi connectivity index (χ4n) is 4.09. The van der Waals surface area contributed by atoms with E-state index in [1.54, 1.807) is 7.11 Å². The molecular formula is C21H29ClN4O3. The molecule has 7 nitrogen and oxygen atoms in total. The molecular weight excluding hydrogens is 392 g/mol. The number of anilines is 1. The van der Waals surface area contributed by atoms with E-state index in [9.17, 15) is 4.79 Å². The molecule has 2 heterocycles. The van der Waals surface area contributed by atoms with E-state index in [2.05, 4.69) is 15.4 Å². The van der Waals surface area contributed by atoms with E-state index in [0.29, 0.717) is 17.1 Å². The fourth-order valence-corrected chi connectivity index (χ4v) is 4.09. The maximum Gasteiger partial charge on any atom is 0.259 e. The smallest absolute Gasteiger partial charge is 0.259 e. The van der Waals surface area contributed by atoms with Gasteiger partial charge in [0, 0.05) is 30.7 Å². The van der Waals surface area contributed by atoms with Gasteiger partial charge < -0.3 is 25.2 Å². The van der Waals surface area contributed by atoms with E-state index in [0.717, 1.165) is 62.9 Å². The van der Waals surface area contributed by atoms with Crippen molar-refractivity contribution in [2.24, 2.45) is 5.73 Å². The summed E-state index contributed by atoms with van der Waals surface area (Å²) in [6.07, 6.45) is 5.92. The molecule has 0 radical (unpaired) electrons. The zero-order valence-electron chi connectivity index (χ0n) is 16.7. The molecule has 0 bridgehead atoms. The summed E-state index contributed by atoms with van der Waals surface area (Å²) in [4.78, 5) is 15.4. The fraction of sp³-hybridized carbons (Fsp3) is 0.524. The minimum atomic E-state index is -0.116. The molecule has 2 aromatic rings. The van der Waals surface area contributed by atoms with Crippen LogP contribution >= 0.6 is 12.4 Å². The number of carbonyl (C=O) groups excluding carboxylic acids is 1. The van der Waals surface area contributed by atoms with Gasteiger partial charge in [0.05, 0.1) is 7.11 Å². The third kappa shape index (κ3) is 4.67. The number of hydrogen-bond acceptors (Lipinski definition) is 6. The number of nitrogens with one attached hydrogen (secondary N) is 1. The molecule has 4 rings (SSSR count). The summed E-state index contributed by atoms with van der Waals surface area (Å²) < 4.78 is 10.9. The van der Waals surface area contributed by atoms with Gasteiger partial charge in [-0.2, -0.15) is 0 Å². The number of halogens is 1. The molecule has 3 N–H and O–H groups in total. The molecule has 0 spiro atoms. The standard InChI is InChI=1S/C21H28N4O3.ClH/c1-27-17-10-4-14(5-11-17)19-18(20(24-28-19)25-12-2-3-13-25)21(26)23-16-8-6-15(22)7-9-16;/h4-5,10-11,15-16H,2-3,6-9,12-13,22H2,1H3,(H,23,26);1H. The Labute approximate surface area is 177 Å². The Morgan fingerprint density at radius 2 is 1.83 bits per heavy atom. The number of carbonyl (C=O) groups is 1. The summed E-state index contributed by atoms with van der Waals surface area (Å²) in [5, 5.41) is 7.47. The van der Waals surface area contributed by atoms with Crippen LogP contribution in [0.3, 0.4) is 0 Å². The Hall–Kier alpha value is -2.25. The highest BCUT2D eigenvalue weighted by Gasteiger charge is 2.31. The lowest BCUT2D eigenvalue weighted by atomic mass is 9.91. The first kappa shape index (κ1) is 21.5. The number of methoxy groups -OCH3 is 1. The number of hydrogen-bond donors (Lipinski definition) is 2. The summed E-state index contributed by atoms with van der Waals surface area (Å²) in [7, 11) is 1.63. The van der Waals surface area contributed by atoms with Crippen LogP contribution in [-0.2, 0) is 0 Å². The van der Waals surface area contributed by atoms with Gasteiger partial charge in [-0.05, 0) is 62.8 Å². The van der Waals surface area contributed by atoms with Gasteiger partial charge in [-0.3, -0.25) is 4.79 Å². The molecule has 1 aliphatic heterocycles. The number of nitrogens with zero attached hydrogens (tertiary/aromatic N) is 2. The van der Waals surface area contributed by atoms with Crippen molar-refractivity contribution in [2.75, 3.05) is 25.1 Å². The van der Waals surface area contributed by atoms with Crippen molar-refractivity contribution in [1.29, 1.82) is 0 Å². The molecule has 8 heteroatoms. The minimum absolute atomic E-state index is 0. The molecule has 0 atom stereocenters. The van der Waals surface area contributed by atoms with Gasteiger partial charge >= 0.3 is 0 Å². The normalized spacial score (nSPS) is 21.5. The molecule has 158 valence electrons. The summed E-state index contributed by atoms with van der Waals surface area (Å²) in [6.45, 7) is 1.79. The van der Waals surface area contributed by atoms with Crippen LogP contribution in [0.4, 0.5) is 5.82 Å². The van der Waals surface area contributed by atoms with Crippen molar-refractivity contribution < 1.29 is 14.1 Å². The average Bonchev–Trinajstić information content (AvgIpc) is 3.39. The summed E-state index contributed by atoms with van der Waals surface area (Å²) in [5.74, 6) is 1.80. The maximum absolute atomic E-state index is 13.3. The van der Waals surface area contributed by atoms with Gasteiger partial charge in [-0.1, -0.05) is 5.16 Å². The van der Waals surface area contributed by atoms with Crippen LogP contribution in [0, 0.1) is 0 Å². The van der Waals surface area contributed by atoms with Crippen LogP contribution in [0.25, 0.3) is 11.3 Å². The van der Waals surface area contributed by atoms with Gasteiger partial charge in [0.1, 0.15) is 11.3 Å². The van der Waals surface area contributed by atoms with Crippen LogP contribution in [0.15, 0.2) is 28.8 Å². The number of ether oxygens (including phenoxy) is 1. The monoisotopic (exact) mass is 420 g/mol. The molecule has 2 fully saturated rings. The average molecular weight is 421 g/mol. The van der Waals surface area contributed by atoms with Crippen molar-refractivity contribution >= 4 is 24.1 Å². The highest BCUT2D eigenvalue weighted by Crippen LogP contribution is 2.34. The van der Waals surface area contributed by atoms with Gasteiger partial charge in [0.2, 0.25) is 0 Å². The Morgan fingerprint density at radius 3 is 2.45 bits per heavy atom. The molecule has 1 saturated heterocycles. The molecule has 2 aliphatic rings. The minimum Gasteiger partial charge on any atom is -0.497 e. The zero-order valence-corrected chi connectivity index (χ0v) is 17.5. The molecule has 1 aromatic heterocycles. The molecule has 0 unspecified atom stereocenters. The van der Waals surface area contributed by atoms with E-state index < -0.39 is 0 Å². The number of amides is 1. The summed E-state index contributed by atoms with van der Waals surface area (Å²) in [5.41, 5.74) is 7.34. The Kier molecular flexibility index (Phi) is 7.03. The van der Waals surface area contributed by atoms with Gasteiger partial charge in [0.25, 0.3) is 5.91 Å². The molecule has 1 saturated carbocycles. The lowest BCUT2D eigenvalue weighted by Crippen LogP contribution is -2.41. The first-order chi connectivity index (χ1) is 13.7. The van der Waals surface area contributed by atoms with Crippen LogP contribution in [0.1, 0.15) is 48.9 Å². The van der Waals surface area contributed by atoms with Gasteiger partial charge in [0.15, 0.2) is 11.6 Å².